The summed E-state index contributed by atoms with van der Waals surface area (Å²) in [5, 5.41) is 10.7. The Kier molecular flexibility index (Phi) is 1.90. The van der Waals surface area contributed by atoms with Crippen molar-refractivity contribution < 1.29 is 5.11 Å². The van der Waals surface area contributed by atoms with Crippen LogP contribution in [0.3, 0.4) is 0 Å². The van der Waals surface area contributed by atoms with Crippen molar-refractivity contribution in [3.8, 4) is 0 Å². The Bertz CT molecular complexity index is 330. The smallest absolute Gasteiger partial charge is 0.0899 e. The molecule has 0 heterocycles. The lowest BCUT2D eigenvalue weighted by Gasteiger charge is -2.11. The van der Waals surface area contributed by atoms with E-state index in [1.54, 1.807) is 0 Å². The number of halogens is 1. The highest BCUT2D eigenvalue weighted by molar-refractivity contribution is 6.32. The number of rotatable bonds is 1. The van der Waals surface area contributed by atoms with Gasteiger partial charge in [-0.05, 0) is 43.4 Å². The van der Waals surface area contributed by atoms with E-state index in [4.69, 9.17) is 11.6 Å². The van der Waals surface area contributed by atoms with E-state index in [2.05, 4.69) is 0 Å². The van der Waals surface area contributed by atoms with Gasteiger partial charge in [0.25, 0.3) is 0 Å². The molecule has 0 aromatic heterocycles. The highest BCUT2D eigenvalue weighted by atomic mass is 35.5. The summed E-state index contributed by atoms with van der Waals surface area (Å²) in [6.45, 7) is 3.95. The van der Waals surface area contributed by atoms with Crippen LogP contribution in [0.1, 0.15) is 29.5 Å². The summed E-state index contributed by atoms with van der Waals surface area (Å²) in [6, 6.07) is 3.98. The molecular formula is C11H13ClO. The Morgan fingerprint density at radius 1 is 1.23 bits per heavy atom. The van der Waals surface area contributed by atoms with Crippen LogP contribution in [0.25, 0.3) is 0 Å². The lowest BCUT2D eigenvalue weighted by molar-refractivity contribution is 0.151. The van der Waals surface area contributed by atoms with Crippen LogP contribution in [0.5, 0.6) is 0 Å². The summed E-state index contributed by atoms with van der Waals surface area (Å²) >= 11 is 6.04. The van der Waals surface area contributed by atoms with Crippen LogP contribution >= 0.6 is 11.6 Å². The molecule has 1 N–H and O–H groups in total. The monoisotopic (exact) mass is 196 g/mol. The predicted molar refractivity (Wildman–Crippen MR) is 54.1 cm³/mol. The molecule has 13 heavy (non-hydrogen) atoms. The first kappa shape index (κ1) is 9.04. The Balaban J connectivity index is 2.50. The molecule has 2 rings (SSSR count). The van der Waals surface area contributed by atoms with Gasteiger partial charge < -0.3 is 5.11 Å². The molecule has 0 saturated heterocycles. The highest BCUT2D eigenvalue weighted by Gasteiger charge is 2.42. The van der Waals surface area contributed by atoms with Crippen LogP contribution in [-0.2, 0) is 5.60 Å². The minimum atomic E-state index is -0.542. The summed E-state index contributed by atoms with van der Waals surface area (Å²) in [4.78, 5) is 0. The van der Waals surface area contributed by atoms with Crippen molar-refractivity contribution in [1.29, 1.82) is 0 Å². The van der Waals surface area contributed by atoms with Crippen LogP contribution in [0, 0.1) is 13.8 Å². The van der Waals surface area contributed by atoms with Gasteiger partial charge >= 0.3 is 0 Å². The number of hydrogen-bond donors (Lipinski definition) is 1. The van der Waals surface area contributed by atoms with Crippen LogP contribution < -0.4 is 0 Å². The van der Waals surface area contributed by atoms with E-state index in [1.807, 2.05) is 26.0 Å². The number of aryl methyl sites for hydroxylation is 2. The summed E-state index contributed by atoms with van der Waals surface area (Å²) in [5.41, 5.74) is 2.58. The quantitative estimate of drug-likeness (QED) is 0.733. The predicted octanol–water partition coefficient (Wildman–Crippen LogP) is 2.94. The van der Waals surface area contributed by atoms with Gasteiger partial charge in [-0.1, -0.05) is 23.7 Å². The zero-order chi connectivity index (χ0) is 9.64. The van der Waals surface area contributed by atoms with Gasteiger partial charge in [0.2, 0.25) is 0 Å². The largest absolute Gasteiger partial charge is 0.385 e. The zero-order valence-corrected chi connectivity index (χ0v) is 8.65. The van der Waals surface area contributed by atoms with E-state index in [0.29, 0.717) is 0 Å². The van der Waals surface area contributed by atoms with Crippen molar-refractivity contribution in [2.24, 2.45) is 0 Å². The van der Waals surface area contributed by atoms with E-state index >= 15 is 0 Å². The molecule has 1 aromatic rings. The lowest BCUT2D eigenvalue weighted by atomic mass is 10.0. The van der Waals surface area contributed by atoms with Gasteiger partial charge in [0.05, 0.1) is 5.60 Å². The van der Waals surface area contributed by atoms with E-state index in [9.17, 15) is 5.11 Å². The van der Waals surface area contributed by atoms with E-state index in [1.165, 1.54) is 0 Å². The molecule has 0 unspecified atom stereocenters. The molecule has 0 amide bonds. The maximum atomic E-state index is 9.90. The Labute approximate surface area is 83.3 Å². The third-order valence-corrected chi connectivity index (χ3v) is 3.29. The molecule has 1 aliphatic carbocycles. The molecule has 2 heteroatoms. The molecule has 1 fully saturated rings. The molecule has 0 radical (unpaired) electrons. The van der Waals surface area contributed by atoms with Crippen molar-refractivity contribution in [3.63, 3.8) is 0 Å². The molecule has 0 aliphatic heterocycles. The fraction of sp³-hybridized carbons (Fsp3) is 0.455. The van der Waals surface area contributed by atoms with Gasteiger partial charge in [-0.15, -0.1) is 0 Å². The number of benzene rings is 1. The average Bonchev–Trinajstić information content (AvgIpc) is 2.80. The fourth-order valence-corrected chi connectivity index (χ4v) is 1.73. The molecule has 0 bridgehead atoms. The summed E-state index contributed by atoms with van der Waals surface area (Å²) in [5.74, 6) is 0. The first-order valence-electron chi connectivity index (χ1n) is 4.52. The lowest BCUT2D eigenvalue weighted by Crippen LogP contribution is -2.05. The fourth-order valence-electron chi connectivity index (χ4n) is 1.62. The molecule has 1 aliphatic rings. The standard InChI is InChI=1S/C11H13ClO/c1-7-5-9(11(13)3-4-11)6-8(2)10(7)12/h5-6,13H,3-4H2,1-2H3. The van der Waals surface area contributed by atoms with Gasteiger partial charge in [-0.3, -0.25) is 0 Å². The Morgan fingerprint density at radius 2 is 1.69 bits per heavy atom. The van der Waals surface area contributed by atoms with Crippen molar-refractivity contribution in [2.75, 3.05) is 0 Å². The molecule has 1 aromatic carbocycles. The molecule has 1 nitrogen and oxygen atoms in total. The second kappa shape index (κ2) is 2.73. The number of hydrogen-bond acceptors (Lipinski definition) is 1. The minimum absolute atomic E-state index is 0.542. The zero-order valence-electron chi connectivity index (χ0n) is 7.89. The second-order valence-corrected chi connectivity index (χ2v) is 4.33. The van der Waals surface area contributed by atoms with Gasteiger partial charge in [0.15, 0.2) is 0 Å². The molecule has 70 valence electrons. The normalized spacial score (nSPS) is 18.8. The topological polar surface area (TPSA) is 20.2 Å². The van der Waals surface area contributed by atoms with Crippen molar-refractivity contribution in [1.82, 2.24) is 0 Å². The van der Waals surface area contributed by atoms with Gasteiger partial charge in [-0.25, -0.2) is 0 Å². The van der Waals surface area contributed by atoms with Gasteiger partial charge in [-0.2, -0.15) is 0 Å². The van der Waals surface area contributed by atoms with Crippen LogP contribution in [-0.4, -0.2) is 5.11 Å². The highest BCUT2D eigenvalue weighted by Crippen LogP contribution is 2.46. The van der Waals surface area contributed by atoms with E-state index in [0.717, 1.165) is 34.6 Å². The van der Waals surface area contributed by atoms with Crippen molar-refractivity contribution in [3.05, 3.63) is 33.8 Å². The first-order valence-corrected chi connectivity index (χ1v) is 4.90. The van der Waals surface area contributed by atoms with E-state index in [-0.39, 0.29) is 0 Å². The van der Waals surface area contributed by atoms with Crippen molar-refractivity contribution >= 4 is 11.6 Å². The maximum absolute atomic E-state index is 9.90. The molecule has 1 saturated carbocycles. The van der Waals surface area contributed by atoms with E-state index < -0.39 is 5.60 Å². The summed E-state index contributed by atoms with van der Waals surface area (Å²) in [6.07, 6.45) is 1.76. The second-order valence-electron chi connectivity index (χ2n) is 3.96. The average molecular weight is 197 g/mol. The first-order chi connectivity index (χ1) is 6.03. The number of aliphatic hydroxyl groups is 1. The molecular weight excluding hydrogens is 184 g/mol. The van der Waals surface area contributed by atoms with Crippen molar-refractivity contribution in [2.45, 2.75) is 32.3 Å². The van der Waals surface area contributed by atoms with Gasteiger partial charge in [0.1, 0.15) is 0 Å². The third-order valence-electron chi connectivity index (χ3n) is 2.70. The molecule has 0 spiro atoms. The Hall–Kier alpha value is -0.530. The van der Waals surface area contributed by atoms with Crippen LogP contribution in [0.4, 0.5) is 0 Å². The maximum Gasteiger partial charge on any atom is 0.0899 e. The minimum Gasteiger partial charge on any atom is -0.385 e. The SMILES string of the molecule is Cc1cc(C2(O)CC2)cc(C)c1Cl. The van der Waals surface area contributed by atoms with Crippen LogP contribution in [0.2, 0.25) is 5.02 Å². The summed E-state index contributed by atoms with van der Waals surface area (Å²) in [7, 11) is 0. The third kappa shape index (κ3) is 1.47. The Morgan fingerprint density at radius 3 is 2.08 bits per heavy atom. The van der Waals surface area contributed by atoms with Gasteiger partial charge in [0, 0.05) is 5.02 Å². The molecule has 0 atom stereocenters. The van der Waals surface area contributed by atoms with Crippen LogP contribution in [0.15, 0.2) is 12.1 Å². The summed E-state index contributed by atoms with van der Waals surface area (Å²) < 4.78 is 0.